The van der Waals surface area contributed by atoms with Crippen LogP contribution in [0.25, 0.3) is 0 Å². The number of nitrogens with zero attached hydrogens (tertiary/aromatic N) is 1. The molecule has 20 heavy (non-hydrogen) atoms. The van der Waals surface area contributed by atoms with Crippen LogP contribution in [0.15, 0.2) is 18.2 Å². The van der Waals surface area contributed by atoms with E-state index in [1.165, 1.54) is 25.0 Å². The van der Waals surface area contributed by atoms with Crippen molar-refractivity contribution in [2.45, 2.75) is 39.3 Å². The first-order chi connectivity index (χ1) is 9.61. The second kappa shape index (κ2) is 6.88. The number of piperidine rings is 1. The molecule has 1 saturated heterocycles. The highest BCUT2D eigenvalue weighted by atomic mass is 19.1. The van der Waals surface area contributed by atoms with Crippen LogP contribution in [0.3, 0.4) is 0 Å². The molecule has 1 aliphatic heterocycles. The molecule has 2 nitrogen and oxygen atoms in total. The lowest BCUT2D eigenvalue weighted by atomic mass is 9.91. The van der Waals surface area contributed by atoms with Gasteiger partial charge in [0.2, 0.25) is 0 Å². The predicted molar refractivity (Wildman–Crippen MR) is 80.6 cm³/mol. The molecule has 1 aromatic rings. The van der Waals surface area contributed by atoms with Gasteiger partial charge in [-0.25, -0.2) is 4.39 Å². The standard InChI is InChI=1S/C17H23FN2/c1-13-5-4-10-20(14(13)2)12-16-7-8-17(18)11-15(16)6-3-9-19/h7-8,11,13-14H,4-5,9-10,12,19H2,1-2H3. The highest BCUT2D eigenvalue weighted by molar-refractivity contribution is 5.42. The molecular weight excluding hydrogens is 251 g/mol. The van der Waals surface area contributed by atoms with Crippen LogP contribution in [0.1, 0.15) is 37.8 Å². The summed E-state index contributed by atoms with van der Waals surface area (Å²) in [6.07, 6.45) is 2.53. The number of hydrogen-bond acceptors (Lipinski definition) is 2. The van der Waals surface area contributed by atoms with Crippen LogP contribution >= 0.6 is 0 Å². The van der Waals surface area contributed by atoms with E-state index >= 15 is 0 Å². The van der Waals surface area contributed by atoms with Gasteiger partial charge in [0, 0.05) is 18.2 Å². The van der Waals surface area contributed by atoms with Crippen molar-refractivity contribution >= 4 is 0 Å². The Labute approximate surface area is 121 Å². The molecule has 1 fully saturated rings. The number of rotatable bonds is 2. The molecule has 1 heterocycles. The van der Waals surface area contributed by atoms with Gasteiger partial charge in [-0.15, -0.1) is 0 Å². The van der Waals surface area contributed by atoms with Gasteiger partial charge in [0.05, 0.1) is 6.54 Å². The summed E-state index contributed by atoms with van der Waals surface area (Å²) in [4.78, 5) is 2.47. The molecule has 1 aromatic carbocycles. The van der Waals surface area contributed by atoms with Crippen molar-refractivity contribution in [1.29, 1.82) is 0 Å². The number of nitrogens with two attached hydrogens (primary N) is 1. The first-order valence-electron chi connectivity index (χ1n) is 7.33. The zero-order valence-electron chi connectivity index (χ0n) is 12.3. The third-order valence-electron chi connectivity index (χ3n) is 4.27. The van der Waals surface area contributed by atoms with Gasteiger partial charge in [0.15, 0.2) is 0 Å². The fourth-order valence-corrected chi connectivity index (χ4v) is 2.81. The molecule has 2 atom stereocenters. The van der Waals surface area contributed by atoms with Crippen molar-refractivity contribution in [2.24, 2.45) is 11.7 Å². The molecule has 108 valence electrons. The fraction of sp³-hybridized carbons (Fsp3) is 0.529. The molecule has 0 radical (unpaired) electrons. The normalized spacial score (nSPS) is 23.2. The highest BCUT2D eigenvalue weighted by Crippen LogP contribution is 2.25. The Hall–Kier alpha value is -1.37. The molecule has 0 aliphatic carbocycles. The highest BCUT2D eigenvalue weighted by Gasteiger charge is 2.24. The second-order valence-electron chi connectivity index (χ2n) is 5.64. The molecule has 0 saturated carbocycles. The van der Waals surface area contributed by atoms with Crippen molar-refractivity contribution in [1.82, 2.24) is 4.90 Å². The lowest BCUT2D eigenvalue weighted by Gasteiger charge is -2.38. The van der Waals surface area contributed by atoms with E-state index < -0.39 is 0 Å². The maximum atomic E-state index is 13.4. The van der Waals surface area contributed by atoms with Crippen molar-refractivity contribution in [3.63, 3.8) is 0 Å². The lowest BCUT2D eigenvalue weighted by molar-refractivity contribution is 0.106. The topological polar surface area (TPSA) is 29.3 Å². The van der Waals surface area contributed by atoms with Crippen LogP contribution in [0.4, 0.5) is 4.39 Å². The minimum absolute atomic E-state index is 0.241. The Balaban J connectivity index is 2.20. The molecule has 2 unspecified atom stereocenters. The Morgan fingerprint density at radius 2 is 2.20 bits per heavy atom. The maximum Gasteiger partial charge on any atom is 0.124 e. The maximum absolute atomic E-state index is 13.4. The number of hydrogen-bond donors (Lipinski definition) is 1. The predicted octanol–water partition coefficient (Wildman–Crippen LogP) is 2.76. The van der Waals surface area contributed by atoms with E-state index in [1.807, 2.05) is 6.07 Å². The minimum atomic E-state index is -0.241. The summed E-state index contributed by atoms with van der Waals surface area (Å²) >= 11 is 0. The summed E-state index contributed by atoms with van der Waals surface area (Å²) in [5.74, 6) is 6.28. The van der Waals surface area contributed by atoms with E-state index in [4.69, 9.17) is 5.73 Å². The van der Waals surface area contributed by atoms with Crippen LogP contribution < -0.4 is 5.73 Å². The molecule has 2 N–H and O–H groups in total. The summed E-state index contributed by atoms with van der Waals surface area (Å²) in [6.45, 7) is 6.81. The fourth-order valence-electron chi connectivity index (χ4n) is 2.81. The zero-order chi connectivity index (χ0) is 14.5. The van der Waals surface area contributed by atoms with Crippen molar-refractivity contribution in [3.8, 4) is 11.8 Å². The lowest BCUT2D eigenvalue weighted by Crippen LogP contribution is -2.41. The third kappa shape index (κ3) is 3.59. The van der Waals surface area contributed by atoms with Gasteiger partial charge < -0.3 is 5.73 Å². The van der Waals surface area contributed by atoms with E-state index in [0.29, 0.717) is 18.5 Å². The van der Waals surface area contributed by atoms with Crippen molar-refractivity contribution < 1.29 is 4.39 Å². The van der Waals surface area contributed by atoms with E-state index in [9.17, 15) is 4.39 Å². The number of benzene rings is 1. The average molecular weight is 274 g/mol. The van der Waals surface area contributed by atoms with Gasteiger partial charge in [0.1, 0.15) is 5.82 Å². The van der Waals surface area contributed by atoms with Crippen molar-refractivity contribution in [3.05, 3.63) is 35.1 Å². The molecular formula is C17H23FN2. The quantitative estimate of drug-likeness (QED) is 0.840. The van der Waals surface area contributed by atoms with Crippen LogP contribution in [-0.2, 0) is 6.54 Å². The summed E-state index contributed by atoms with van der Waals surface area (Å²) in [7, 11) is 0. The average Bonchev–Trinajstić information content (AvgIpc) is 2.44. The summed E-state index contributed by atoms with van der Waals surface area (Å²) < 4.78 is 13.4. The van der Waals surface area contributed by atoms with Gasteiger partial charge in [-0.2, -0.15) is 0 Å². The van der Waals surface area contributed by atoms with E-state index in [0.717, 1.165) is 24.2 Å². The molecule has 0 amide bonds. The largest absolute Gasteiger partial charge is 0.320 e. The molecule has 0 bridgehead atoms. The Morgan fingerprint density at radius 3 is 2.95 bits per heavy atom. The second-order valence-corrected chi connectivity index (χ2v) is 5.64. The molecule has 2 rings (SSSR count). The van der Waals surface area contributed by atoms with Gasteiger partial charge in [-0.1, -0.05) is 24.8 Å². The summed E-state index contributed by atoms with van der Waals surface area (Å²) in [5.41, 5.74) is 7.27. The van der Waals surface area contributed by atoms with Crippen LogP contribution in [-0.4, -0.2) is 24.0 Å². The third-order valence-corrected chi connectivity index (χ3v) is 4.27. The van der Waals surface area contributed by atoms with E-state index in [1.54, 1.807) is 0 Å². The molecule has 3 heteroatoms. The Morgan fingerprint density at radius 1 is 1.40 bits per heavy atom. The van der Waals surface area contributed by atoms with Gasteiger partial charge in [0.25, 0.3) is 0 Å². The molecule has 1 aliphatic rings. The monoisotopic (exact) mass is 274 g/mol. The van der Waals surface area contributed by atoms with Crippen LogP contribution in [0.5, 0.6) is 0 Å². The van der Waals surface area contributed by atoms with E-state index in [-0.39, 0.29) is 5.82 Å². The van der Waals surface area contributed by atoms with E-state index in [2.05, 4.69) is 30.6 Å². The smallest absolute Gasteiger partial charge is 0.124 e. The van der Waals surface area contributed by atoms with Crippen LogP contribution in [0, 0.1) is 23.6 Å². The summed E-state index contributed by atoms with van der Waals surface area (Å²) in [5, 5.41) is 0. The van der Waals surface area contributed by atoms with Crippen LogP contribution in [0.2, 0.25) is 0 Å². The Bertz CT molecular complexity index is 515. The van der Waals surface area contributed by atoms with Gasteiger partial charge in [-0.3, -0.25) is 4.90 Å². The Kier molecular flexibility index (Phi) is 5.17. The zero-order valence-corrected chi connectivity index (χ0v) is 12.3. The van der Waals surface area contributed by atoms with Crippen molar-refractivity contribution in [2.75, 3.05) is 13.1 Å². The SMILES string of the molecule is CC1CCCN(Cc2ccc(F)cc2C#CCN)C1C. The molecule has 0 aromatic heterocycles. The minimum Gasteiger partial charge on any atom is -0.320 e. The first kappa shape index (κ1) is 15.0. The molecule has 0 spiro atoms. The first-order valence-corrected chi connectivity index (χ1v) is 7.33. The van der Waals surface area contributed by atoms with Gasteiger partial charge in [-0.05, 0) is 49.9 Å². The van der Waals surface area contributed by atoms with Gasteiger partial charge >= 0.3 is 0 Å². The summed E-state index contributed by atoms with van der Waals surface area (Å²) in [6, 6.07) is 5.43. The number of halogens is 1. The number of likely N-dealkylation sites (tertiary alicyclic amines) is 1.